The zero-order valence-electron chi connectivity index (χ0n) is 15.2. The second kappa shape index (κ2) is 8.51. The molecular weight excluding hydrogens is 367 g/mol. The van der Waals surface area contributed by atoms with E-state index in [0.29, 0.717) is 17.0 Å². The summed E-state index contributed by atoms with van der Waals surface area (Å²) in [7, 11) is 1.48. The molecular formula is C20H19FN2O5. The molecule has 0 unspecified atom stereocenters. The van der Waals surface area contributed by atoms with Gasteiger partial charge < -0.3 is 19.7 Å². The Morgan fingerprint density at radius 1 is 1.18 bits per heavy atom. The third kappa shape index (κ3) is 4.64. The molecule has 1 N–H and O–H groups in total. The summed E-state index contributed by atoms with van der Waals surface area (Å²) >= 11 is 0. The Balaban J connectivity index is 1.48. The van der Waals surface area contributed by atoms with E-state index in [2.05, 4.69) is 5.32 Å². The molecule has 0 saturated carbocycles. The summed E-state index contributed by atoms with van der Waals surface area (Å²) in [6, 6.07) is 13.0. The fourth-order valence-electron chi connectivity index (χ4n) is 2.66. The highest BCUT2D eigenvalue weighted by molar-refractivity contribution is 5.99. The van der Waals surface area contributed by atoms with Crippen molar-refractivity contribution in [1.82, 2.24) is 4.90 Å². The number of ether oxygens (including phenoxy) is 2. The maximum absolute atomic E-state index is 13.7. The molecule has 0 aliphatic carbocycles. The molecule has 0 fully saturated rings. The number of anilines is 1. The topological polar surface area (TPSA) is 84.9 Å². The summed E-state index contributed by atoms with van der Waals surface area (Å²) in [6.07, 6.45) is -1.36. The lowest BCUT2D eigenvalue weighted by Crippen LogP contribution is -2.39. The monoisotopic (exact) mass is 386 g/mol. The number of esters is 1. The quantitative estimate of drug-likeness (QED) is 0.769. The first kappa shape index (κ1) is 19.3. The number of para-hydroxylation sites is 2. The molecule has 0 spiro atoms. The van der Waals surface area contributed by atoms with Crippen molar-refractivity contribution in [2.24, 2.45) is 0 Å². The lowest BCUT2D eigenvalue weighted by atomic mass is 10.1. The summed E-state index contributed by atoms with van der Waals surface area (Å²) in [4.78, 5) is 37.4. The van der Waals surface area contributed by atoms with Gasteiger partial charge in [-0.3, -0.25) is 14.4 Å². The van der Waals surface area contributed by atoms with Crippen LogP contribution in [0.15, 0.2) is 48.5 Å². The molecule has 2 amide bonds. The lowest BCUT2D eigenvalue weighted by Gasteiger charge is -2.25. The number of amides is 2. The maximum atomic E-state index is 13.7. The predicted molar refractivity (Wildman–Crippen MR) is 97.9 cm³/mol. The Bertz CT molecular complexity index is 902. The zero-order valence-corrected chi connectivity index (χ0v) is 15.2. The minimum atomic E-state index is -1.03. The lowest BCUT2D eigenvalue weighted by molar-refractivity contribution is -0.154. The summed E-state index contributed by atoms with van der Waals surface area (Å²) in [5.41, 5.74) is 0.887. The van der Waals surface area contributed by atoms with E-state index in [-0.39, 0.29) is 13.0 Å². The largest absolute Gasteiger partial charge is 0.478 e. The molecule has 3 rings (SSSR count). The third-order valence-corrected chi connectivity index (χ3v) is 4.21. The van der Waals surface area contributed by atoms with Crippen molar-refractivity contribution in [2.45, 2.75) is 19.1 Å². The number of hydrogen-bond donors (Lipinski definition) is 1. The number of benzene rings is 2. The van der Waals surface area contributed by atoms with Gasteiger partial charge in [-0.25, -0.2) is 4.39 Å². The van der Waals surface area contributed by atoms with Crippen LogP contribution in [0.3, 0.4) is 0 Å². The van der Waals surface area contributed by atoms with Gasteiger partial charge in [-0.2, -0.15) is 0 Å². The highest BCUT2D eigenvalue weighted by atomic mass is 19.1. The van der Waals surface area contributed by atoms with Crippen molar-refractivity contribution < 1.29 is 28.2 Å². The van der Waals surface area contributed by atoms with Crippen LogP contribution in [0.5, 0.6) is 5.75 Å². The van der Waals surface area contributed by atoms with Gasteiger partial charge in [0.15, 0.2) is 12.7 Å². The van der Waals surface area contributed by atoms with Crippen LogP contribution in [-0.2, 0) is 25.7 Å². The van der Waals surface area contributed by atoms with E-state index < -0.39 is 36.3 Å². The SMILES string of the molecule is CN(Cc1ccccc1F)C(=O)COC(=O)C[C@H]1Oc2ccccc2NC1=O. The van der Waals surface area contributed by atoms with Gasteiger partial charge in [-0.15, -0.1) is 0 Å². The fourth-order valence-corrected chi connectivity index (χ4v) is 2.66. The number of hydrogen-bond acceptors (Lipinski definition) is 5. The number of fused-ring (bicyclic) bond motifs is 1. The van der Waals surface area contributed by atoms with Crippen molar-refractivity contribution in [2.75, 3.05) is 19.0 Å². The summed E-state index contributed by atoms with van der Waals surface area (Å²) in [5, 5.41) is 2.65. The standard InChI is InChI=1S/C20H19FN2O5/c1-23(11-13-6-2-3-7-14(13)21)18(24)12-27-19(25)10-17-20(26)22-15-8-4-5-9-16(15)28-17/h2-9,17H,10-12H2,1H3,(H,22,26)/t17-/m1/s1. The highest BCUT2D eigenvalue weighted by Crippen LogP contribution is 2.29. The number of halogens is 1. The van der Waals surface area contributed by atoms with Crippen LogP contribution in [0.2, 0.25) is 0 Å². The number of carbonyl (C=O) groups is 3. The van der Waals surface area contributed by atoms with Crippen molar-refractivity contribution in [1.29, 1.82) is 0 Å². The summed E-state index contributed by atoms with van der Waals surface area (Å²) in [6.45, 7) is -0.456. The van der Waals surface area contributed by atoms with Gasteiger partial charge in [0.1, 0.15) is 11.6 Å². The molecule has 28 heavy (non-hydrogen) atoms. The zero-order chi connectivity index (χ0) is 20.1. The average Bonchev–Trinajstić information content (AvgIpc) is 2.68. The second-order valence-corrected chi connectivity index (χ2v) is 6.30. The van der Waals surface area contributed by atoms with Gasteiger partial charge >= 0.3 is 5.97 Å². The maximum Gasteiger partial charge on any atom is 0.310 e. The van der Waals surface area contributed by atoms with E-state index in [9.17, 15) is 18.8 Å². The number of nitrogens with zero attached hydrogens (tertiary/aromatic N) is 1. The van der Waals surface area contributed by atoms with Crippen molar-refractivity contribution in [3.63, 3.8) is 0 Å². The van der Waals surface area contributed by atoms with Crippen molar-refractivity contribution in [3.05, 3.63) is 59.9 Å². The Labute approximate surface area is 161 Å². The minimum Gasteiger partial charge on any atom is -0.478 e. The molecule has 1 aliphatic rings. The molecule has 8 heteroatoms. The summed E-state index contributed by atoms with van der Waals surface area (Å²) in [5.74, 6) is -1.65. The molecule has 2 aromatic rings. The van der Waals surface area contributed by atoms with Crippen LogP contribution in [0.4, 0.5) is 10.1 Å². The van der Waals surface area contributed by atoms with E-state index >= 15 is 0 Å². The first-order valence-electron chi connectivity index (χ1n) is 8.63. The molecule has 146 valence electrons. The van der Waals surface area contributed by atoms with Crippen molar-refractivity contribution >= 4 is 23.5 Å². The van der Waals surface area contributed by atoms with Gasteiger partial charge in [-0.1, -0.05) is 30.3 Å². The fraction of sp³-hybridized carbons (Fsp3) is 0.250. The second-order valence-electron chi connectivity index (χ2n) is 6.30. The average molecular weight is 386 g/mol. The van der Waals surface area contributed by atoms with Crippen LogP contribution in [-0.4, -0.2) is 42.4 Å². The number of likely N-dealkylation sites (N-methyl/N-ethyl adjacent to an activating group) is 1. The Kier molecular flexibility index (Phi) is 5.88. The van der Waals surface area contributed by atoms with Gasteiger partial charge in [-0.05, 0) is 18.2 Å². The normalized spacial score (nSPS) is 15.1. The smallest absolute Gasteiger partial charge is 0.310 e. The van der Waals surface area contributed by atoms with Gasteiger partial charge in [0.2, 0.25) is 0 Å². The van der Waals surface area contributed by atoms with Crippen LogP contribution in [0, 0.1) is 5.82 Å². The molecule has 0 bridgehead atoms. The number of carbonyl (C=O) groups excluding carboxylic acids is 3. The van der Waals surface area contributed by atoms with Gasteiger partial charge in [0.25, 0.3) is 11.8 Å². The molecule has 0 aromatic heterocycles. The summed E-state index contributed by atoms with van der Waals surface area (Å²) < 4.78 is 24.1. The van der Waals surface area contributed by atoms with E-state index in [4.69, 9.17) is 9.47 Å². The molecule has 2 aromatic carbocycles. The van der Waals surface area contributed by atoms with E-state index in [1.807, 2.05) is 0 Å². The van der Waals surface area contributed by atoms with Gasteiger partial charge in [0.05, 0.1) is 12.1 Å². The van der Waals surface area contributed by atoms with E-state index in [0.717, 1.165) is 0 Å². The Morgan fingerprint density at radius 2 is 1.89 bits per heavy atom. The van der Waals surface area contributed by atoms with Crippen LogP contribution < -0.4 is 10.1 Å². The molecule has 1 aliphatic heterocycles. The van der Waals surface area contributed by atoms with Gasteiger partial charge in [0, 0.05) is 19.2 Å². The predicted octanol–water partition coefficient (Wildman–Crippen LogP) is 2.12. The van der Waals surface area contributed by atoms with E-state index in [1.165, 1.54) is 18.0 Å². The molecule has 1 atom stereocenters. The molecule has 0 radical (unpaired) electrons. The Morgan fingerprint density at radius 3 is 2.68 bits per heavy atom. The third-order valence-electron chi connectivity index (χ3n) is 4.21. The highest BCUT2D eigenvalue weighted by Gasteiger charge is 2.30. The van der Waals surface area contributed by atoms with Crippen LogP contribution in [0.1, 0.15) is 12.0 Å². The van der Waals surface area contributed by atoms with E-state index in [1.54, 1.807) is 42.5 Å². The molecule has 1 heterocycles. The number of rotatable bonds is 6. The molecule has 7 nitrogen and oxygen atoms in total. The van der Waals surface area contributed by atoms with Crippen LogP contribution >= 0.6 is 0 Å². The minimum absolute atomic E-state index is 0.0496. The molecule has 0 saturated heterocycles. The van der Waals surface area contributed by atoms with Crippen LogP contribution in [0.25, 0.3) is 0 Å². The Hall–Kier alpha value is -3.42. The number of nitrogens with one attached hydrogen (secondary N) is 1. The first-order chi connectivity index (χ1) is 13.4. The van der Waals surface area contributed by atoms with Crippen molar-refractivity contribution in [3.8, 4) is 5.75 Å². The first-order valence-corrected chi connectivity index (χ1v) is 8.63.